The normalized spacial score (nSPS) is 10.7. The number of thiazole rings is 1. The first-order chi connectivity index (χ1) is 14.0. The molecule has 1 amide bonds. The summed E-state index contributed by atoms with van der Waals surface area (Å²) in [4.78, 5) is 21.3. The zero-order chi connectivity index (χ0) is 20.8. The van der Waals surface area contributed by atoms with Gasteiger partial charge in [-0.2, -0.15) is 0 Å². The lowest BCUT2D eigenvalue weighted by molar-refractivity contribution is -0.120. The quantitative estimate of drug-likeness (QED) is 0.452. The van der Waals surface area contributed by atoms with Crippen LogP contribution in [-0.2, 0) is 4.79 Å². The van der Waals surface area contributed by atoms with E-state index in [4.69, 9.17) is 21.1 Å². The van der Waals surface area contributed by atoms with Crippen molar-refractivity contribution in [3.8, 4) is 11.5 Å². The number of ether oxygens (including phenoxy) is 2. The molecule has 0 aliphatic rings. The summed E-state index contributed by atoms with van der Waals surface area (Å²) in [6.07, 6.45) is 0. The summed E-state index contributed by atoms with van der Waals surface area (Å²) in [5.74, 6) is 1.25. The molecule has 2 aromatic carbocycles. The Morgan fingerprint density at radius 1 is 1.07 bits per heavy atom. The third-order valence-electron chi connectivity index (χ3n) is 4.14. The van der Waals surface area contributed by atoms with Crippen LogP contribution in [0.25, 0.3) is 10.2 Å². The molecule has 0 bridgehead atoms. The maximum Gasteiger partial charge on any atom is 0.266 e. The van der Waals surface area contributed by atoms with Gasteiger partial charge in [0.25, 0.3) is 5.91 Å². The summed E-state index contributed by atoms with van der Waals surface area (Å²) in [7, 11) is 3.94. The third-order valence-corrected chi connectivity index (χ3v) is 5.43. The topological polar surface area (TPSA) is 54.9 Å². The summed E-state index contributed by atoms with van der Waals surface area (Å²) in [6.45, 7) is 3.72. The maximum atomic E-state index is 12.9. The Kier molecular flexibility index (Phi) is 9.17. The van der Waals surface area contributed by atoms with Crippen molar-refractivity contribution in [1.82, 2.24) is 9.88 Å². The summed E-state index contributed by atoms with van der Waals surface area (Å²) in [6, 6.07) is 12.7. The van der Waals surface area contributed by atoms with Crippen LogP contribution in [-0.4, -0.2) is 56.2 Å². The first kappa shape index (κ1) is 24.2. The number of halogens is 2. The summed E-state index contributed by atoms with van der Waals surface area (Å²) < 4.78 is 12.2. The number of carbonyl (C=O) groups is 1. The molecule has 3 aromatic rings. The van der Waals surface area contributed by atoms with E-state index in [0.717, 1.165) is 16.0 Å². The van der Waals surface area contributed by atoms with Gasteiger partial charge in [-0.1, -0.05) is 22.9 Å². The van der Waals surface area contributed by atoms with E-state index in [1.807, 2.05) is 44.1 Å². The Morgan fingerprint density at radius 3 is 2.43 bits per heavy atom. The fourth-order valence-corrected chi connectivity index (χ4v) is 3.81. The highest BCUT2D eigenvalue weighted by molar-refractivity contribution is 7.22. The van der Waals surface area contributed by atoms with Crippen LogP contribution < -0.4 is 14.4 Å². The summed E-state index contributed by atoms with van der Waals surface area (Å²) >= 11 is 7.37. The average Bonchev–Trinajstić information content (AvgIpc) is 3.10. The molecule has 0 radical (unpaired) electrons. The second kappa shape index (κ2) is 11.4. The van der Waals surface area contributed by atoms with Gasteiger partial charge in [0, 0.05) is 18.1 Å². The van der Waals surface area contributed by atoms with Crippen LogP contribution in [0.3, 0.4) is 0 Å². The van der Waals surface area contributed by atoms with Gasteiger partial charge in [-0.25, -0.2) is 4.98 Å². The zero-order valence-corrected chi connectivity index (χ0v) is 19.5. The minimum atomic E-state index is -0.147. The minimum absolute atomic E-state index is 0. The van der Waals surface area contributed by atoms with Crippen molar-refractivity contribution >= 4 is 56.6 Å². The van der Waals surface area contributed by atoms with Gasteiger partial charge in [-0.15, -0.1) is 12.4 Å². The lowest BCUT2D eigenvalue weighted by atomic mass is 10.3. The number of anilines is 1. The fourth-order valence-electron chi connectivity index (χ4n) is 2.65. The lowest BCUT2D eigenvalue weighted by Crippen LogP contribution is -2.39. The van der Waals surface area contributed by atoms with Gasteiger partial charge >= 0.3 is 0 Å². The first-order valence-electron chi connectivity index (χ1n) is 9.33. The van der Waals surface area contributed by atoms with Crippen LogP contribution >= 0.6 is 35.3 Å². The van der Waals surface area contributed by atoms with E-state index in [0.29, 0.717) is 35.6 Å². The second-order valence-corrected chi connectivity index (χ2v) is 8.10. The smallest absolute Gasteiger partial charge is 0.266 e. The number of amides is 1. The van der Waals surface area contributed by atoms with Crippen LogP contribution in [0, 0.1) is 0 Å². The monoisotopic (exact) mass is 469 g/mol. The second-order valence-electron chi connectivity index (χ2n) is 6.65. The SMILES string of the molecule is CCOc1ccc2nc(N(CCN(C)C)C(=O)COc3ccc(Cl)cc3)sc2c1.Cl. The van der Waals surface area contributed by atoms with E-state index in [9.17, 15) is 4.79 Å². The summed E-state index contributed by atoms with van der Waals surface area (Å²) in [5, 5.41) is 1.28. The number of nitrogens with zero attached hydrogens (tertiary/aromatic N) is 3. The molecule has 1 heterocycles. The molecule has 162 valence electrons. The molecular formula is C21H25Cl2N3O3S. The van der Waals surface area contributed by atoms with E-state index >= 15 is 0 Å². The Balaban J connectivity index is 0.00000320. The molecule has 6 nitrogen and oxygen atoms in total. The zero-order valence-electron chi connectivity index (χ0n) is 17.1. The molecule has 30 heavy (non-hydrogen) atoms. The van der Waals surface area contributed by atoms with Crippen molar-refractivity contribution in [3.05, 3.63) is 47.5 Å². The highest BCUT2D eigenvalue weighted by Crippen LogP contribution is 2.31. The lowest BCUT2D eigenvalue weighted by Gasteiger charge is -2.22. The van der Waals surface area contributed by atoms with Crippen molar-refractivity contribution in [3.63, 3.8) is 0 Å². The van der Waals surface area contributed by atoms with Crippen LogP contribution in [0.5, 0.6) is 11.5 Å². The standard InChI is InChI=1S/C21H24ClN3O3S.ClH/c1-4-27-17-9-10-18-19(13-17)29-21(23-18)25(12-11-24(2)3)20(26)14-28-16-7-5-15(22)6-8-16;/h5-10,13H,4,11-12,14H2,1-3H3;1H. The van der Waals surface area contributed by atoms with Crippen molar-refractivity contribution in [2.45, 2.75) is 6.92 Å². The predicted octanol–water partition coefficient (Wildman–Crippen LogP) is 4.74. The summed E-state index contributed by atoms with van der Waals surface area (Å²) in [5.41, 5.74) is 0.842. The number of benzene rings is 2. The largest absolute Gasteiger partial charge is 0.494 e. The number of aromatic nitrogens is 1. The van der Waals surface area contributed by atoms with Gasteiger partial charge in [0.05, 0.1) is 16.8 Å². The molecule has 1 aromatic heterocycles. The number of fused-ring (bicyclic) bond motifs is 1. The van der Waals surface area contributed by atoms with Gasteiger partial charge in [-0.3, -0.25) is 9.69 Å². The number of hydrogen-bond acceptors (Lipinski definition) is 6. The minimum Gasteiger partial charge on any atom is -0.494 e. The molecule has 0 atom stereocenters. The van der Waals surface area contributed by atoms with E-state index < -0.39 is 0 Å². The van der Waals surface area contributed by atoms with E-state index in [2.05, 4.69) is 4.98 Å². The van der Waals surface area contributed by atoms with Gasteiger partial charge in [-0.05, 0) is 63.5 Å². The van der Waals surface area contributed by atoms with Gasteiger partial charge in [0.1, 0.15) is 11.5 Å². The van der Waals surface area contributed by atoms with E-state index in [1.165, 1.54) is 11.3 Å². The van der Waals surface area contributed by atoms with E-state index in [1.54, 1.807) is 29.2 Å². The number of carbonyl (C=O) groups excluding carboxylic acids is 1. The van der Waals surface area contributed by atoms with Gasteiger partial charge < -0.3 is 14.4 Å². The molecule has 0 fully saturated rings. The van der Waals surface area contributed by atoms with Crippen molar-refractivity contribution < 1.29 is 14.3 Å². The Morgan fingerprint density at radius 2 is 1.77 bits per heavy atom. The van der Waals surface area contributed by atoms with Crippen molar-refractivity contribution in [2.24, 2.45) is 0 Å². The molecule has 0 aliphatic carbocycles. The van der Waals surface area contributed by atoms with Crippen LogP contribution in [0.15, 0.2) is 42.5 Å². The Bertz CT molecular complexity index is 964. The van der Waals surface area contributed by atoms with Crippen molar-refractivity contribution in [1.29, 1.82) is 0 Å². The first-order valence-corrected chi connectivity index (χ1v) is 10.5. The number of hydrogen-bond donors (Lipinski definition) is 0. The maximum absolute atomic E-state index is 12.9. The van der Waals surface area contributed by atoms with E-state index in [-0.39, 0.29) is 24.9 Å². The fraction of sp³-hybridized carbons (Fsp3) is 0.333. The molecule has 0 N–H and O–H groups in total. The van der Waals surface area contributed by atoms with Crippen LogP contribution in [0.4, 0.5) is 5.13 Å². The molecule has 0 spiro atoms. The molecule has 9 heteroatoms. The van der Waals surface area contributed by atoms with Gasteiger partial charge in [0.15, 0.2) is 11.7 Å². The van der Waals surface area contributed by atoms with Gasteiger partial charge in [0.2, 0.25) is 0 Å². The predicted molar refractivity (Wildman–Crippen MR) is 126 cm³/mol. The Labute approximate surface area is 191 Å². The van der Waals surface area contributed by atoms with Crippen LogP contribution in [0.2, 0.25) is 5.02 Å². The van der Waals surface area contributed by atoms with Crippen LogP contribution in [0.1, 0.15) is 6.92 Å². The highest BCUT2D eigenvalue weighted by Gasteiger charge is 2.20. The number of rotatable bonds is 9. The molecule has 0 saturated carbocycles. The average molecular weight is 470 g/mol. The van der Waals surface area contributed by atoms with Crippen molar-refractivity contribution in [2.75, 3.05) is 45.3 Å². The highest BCUT2D eigenvalue weighted by atomic mass is 35.5. The molecule has 0 aliphatic heterocycles. The molecule has 3 rings (SSSR count). The molecule has 0 saturated heterocycles. The number of likely N-dealkylation sites (N-methyl/N-ethyl adjacent to an activating group) is 1. The molecular weight excluding hydrogens is 445 g/mol. The third kappa shape index (κ3) is 6.47. The Hall–Kier alpha value is -2.06. The molecule has 0 unspecified atom stereocenters.